The maximum absolute atomic E-state index is 2.35. The standard InChI is InChI=1S/C37H26NSe/c1-23-25-12-4-3-11-24(25)19-20-26(23)35-37-33(21-22-38(35)2)34-31-17-9-7-15-29(31)27-13-5-6-14-28(27)30-16-8-10-18-32(30)36(34)39-37/h3-22H,1-2H3/q+1. The molecule has 0 N–H and O–H groups in total. The summed E-state index contributed by atoms with van der Waals surface area (Å²) in [4.78, 5) is 0. The quantitative estimate of drug-likeness (QED) is 0.139. The number of pyridine rings is 1. The van der Waals surface area contributed by atoms with Crippen LogP contribution in [0.1, 0.15) is 5.56 Å². The second kappa shape index (κ2) is 8.64. The molecule has 0 saturated carbocycles. The third-order valence-electron chi connectivity index (χ3n) is 8.31. The molecule has 0 unspecified atom stereocenters. The Morgan fingerprint density at radius 3 is 1.79 bits per heavy atom. The van der Waals surface area contributed by atoms with Crippen molar-refractivity contribution in [3.63, 3.8) is 0 Å². The molecule has 0 atom stereocenters. The fourth-order valence-electron chi connectivity index (χ4n) is 6.46. The summed E-state index contributed by atoms with van der Waals surface area (Å²) in [5, 5.41) is 4.01. The van der Waals surface area contributed by atoms with Crippen molar-refractivity contribution < 1.29 is 4.57 Å². The number of rotatable bonds is 1. The van der Waals surface area contributed by atoms with Gasteiger partial charge >= 0.3 is 235 Å². The van der Waals surface area contributed by atoms with Gasteiger partial charge in [-0.05, 0) is 0 Å². The van der Waals surface area contributed by atoms with Crippen LogP contribution in [0.3, 0.4) is 0 Å². The summed E-state index contributed by atoms with van der Waals surface area (Å²) < 4.78 is 5.30. The second-order valence-corrected chi connectivity index (χ2v) is 12.6. The van der Waals surface area contributed by atoms with Gasteiger partial charge in [0, 0.05) is 0 Å². The van der Waals surface area contributed by atoms with Gasteiger partial charge in [0.2, 0.25) is 0 Å². The first-order valence-corrected chi connectivity index (χ1v) is 15.1. The van der Waals surface area contributed by atoms with Crippen molar-refractivity contribution in [2.75, 3.05) is 0 Å². The van der Waals surface area contributed by atoms with Gasteiger partial charge in [-0.2, -0.15) is 0 Å². The molecule has 0 spiro atoms. The van der Waals surface area contributed by atoms with Crippen molar-refractivity contribution in [1.29, 1.82) is 0 Å². The second-order valence-electron chi connectivity index (χ2n) is 10.4. The molecule has 0 amide bonds. The summed E-state index contributed by atoms with van der Waals surface area (Å²) in [5.41, 5.74) is 13.4. The molecular formula is C37H26NSe+. The molecule has 1 nitrogen and oxygen atoms in total. The van der Waals surface area contributed by atoms with Gasteiger partial charge < -0.3 is 0 Å². The van der Waals surface area contributed by atoms with Crippen LogP contribution in [0.5, 0.6) is 0 Å². The van der Waals surface area contributed by atoms with E-state index in [1.807, 2.05) is 0 Å². The molecule has 7 aromatic rings. The van der Waals surface area contributed by atoms with Crippen molar-refractivity contribution in [2.24, 2.45) is 7.05 Å². The van der Waals surface area contributed by atoms with Crippen LogP contribution in [0.25, 0.3) is 75.1 Å². The molecule has 0 fully saturated rings. The molecule has 2 aromatic heterocycles. The van der Waals surface area contributed by atoms with Gasteiger partial charge in [-0.3, -0.25) is 0 Å². The van der Waals surface area contributed by atoms with Crippen LogP contribution in [0.4, 0.5) is 0 Å². The van der Waals surface area contributed by atoms with Crippen molar-refractivity contribution in [3.05, 3.63) is 127 Å². The summed E-state index contributed by atoms with van der Waals surface area (Å²) in [5.74, 6) is 0. The first-order chi connectivity index (χ1) is 19.2. The Morgan fingerprint density at radius 2 is 1.08 bits per heavy atom. The average molecular weight is 564 g/mol. The summed E-state index contributed by atoms with van der Waals surface area (Å²) in [6.07, 6.45) is 2.26. The molecule has 0 saturated heterocycles. The third kappa shape index (κ3) is 3.29. The van der Waals surface area contributed by atoms with Gasteiger partial charge in [0.1, 0.15) is 0 Å². The molecule has 1 aliphatic rings. The van der Waals surface area contributed by atoms with Crippen LogP contribution in [0, 0.1) is 6.92 Å². The van der Waals surface area contributed by atoms with Crippen molar-refractivity contribution in [3.8, 4) is 54.6 Å². The zero-order chi connectivity index (χ0) is 26.1. The van der Waals surface area contributed by atoms with E-state index in [1.54, 1.807) is 0 Å². The number of hydrogen-bond donors (Lipinski definition) is 0. The molecule has 0 radical (unpaired) electrons. The number of hydrogen-bond acceptors (Lipinski definition) is 0. The molecule has 2 heteroatoms. The summed E-state index contributed by atoms with van der Waals surface area (Å²) >= 11 is 0.145. The van der Waals surface area contributed by atoms with Gasteiger partial charge in [-0.1, -0.05) is 0 Å². The number of nitrogens with zero attached hydrogens (tertiary/aromatic N) is 1. The molecule has 8 rings (SSSR count). The fourth-order valence-corrected chi connectivity index (χ4v) is 9.49. The van der Waals surface area contributed by atoms with Crippen molar-refractivity contribution in [2.45, 2.75) is 6.92 Å². The molecule has 0 aliphatic heterocycles. The van der Waals surface area contributed by atoms with E-state index in [4.69, 9.17) is 0 Å². The van der Waals surface area contributed by atoms with Crippen LogP contribution in [-0.4, -0.2) is 14.5 Å². The fraction of sp³-hybridized carbons (Fsp3) is 0.0541. The molecule has 5 aromatic carbocycles. The van der Waals surface area contributed by atoms with Gasteiger partial charge in [0.15, 0.2) is 0 Å². The van der Waals surface area contributed by atoms with E-state index >= 15 is 0 Å². The van der Waals surface area contributed by atoms with Gasteiger partial charge in [0.05, 0.1) is 0 Å². The molecule has 0 bridgehead atoms. The normalized spacial score (nSPS) is 11.8. The van der Waals surface area contributed by atoms with Gasteiger partial charge in [-0.25, -0.2) is 0 Å². The number of benzene rings is 5. The molecule has 39 heavy (non-hydrogen) atoms. The Morgan fingerprint density at radius 1 is 0.513 bits per heavy atom. The van der Waals surface area contributed by atoms with Gasteiger partial charge in [-0.15, -0.1) is 0 Å². The number of fused-ring (bicyclic) bond motifs is 11. The predicted molar refractivity (Wildman–Crippen MR) is 165 cm³/mol. The first kappa shape index (κ1) is 22.7. The average Bonchev–Trinajstić information content (AvgIpc) is 3.36. The number of aryl methyl sites for hydroxylation is 2. The minimum atomic E-state index is 0.145. The monoisotopic (exact) mass is 564 g/mol. The Balaban J connectivity index is 1.53. The molecule has 2 heterocycles. The Hall–Kier alpha value is -4.23. The predicted octanol–water partition coefficient (Wildman–Crippen LogP) is 8.83. The minimum absolute atomic E-state index is 0.145. The van der Waals surface area contributed by atoms with E-state index in [0.717, 1.165) is 0 Å². The van der Waals surface area contributed by atoms with Gasteiger partial charge in [0.25, 0.3) is 0 Å². The molecule has 184 valence electrons. The van der Waals surface area contributed by atoms with E-state index in [1.165, 1.54) is 80.6 Å². The summed E-state index contributed by atoms with van der Waals surface area (Å²) in [7, 11) is 2.20. The van der Waals surface area contributed by atoms with Crippen LogP contribution < -0.4 is 4.57 Å². The van der Waals surface area contributed by atoms with Crippen molar-refractivity contribution in [1.82, 2.24) is 0 Å². The molecule has 1 aliphatic carbocycles. The molecular weight excluding hydrogens is 537 g/mol. The maximum atomic E-state index is 2.35. The van der Waals surface area contributed by atoms with Crippen molar-refractivity contribution >= 4 is 34.9 Å². The van der Waals surface area contributed by atoms with E-state index in [-0.39, 0.29) is 14.5 Å². The van der Waals surface area contributed by atoms with E-state index in [0.29, 0.717) is 0 Å². The van der Waals surface area contributed by atoms with E-state index < -0.39 is 0 Å². The third-order valence-corrected chi connectivity index (χ3v) is 10.9. The summed E-state index contributed by atoms with van der Waals surface area (Å²) in [6.45, 7) is 2.28. The van der Waals surface area contributed by atoms with Crippen LogP contribution in [0.2, 0.25) is 0 Å². The van der Waals surface area contributed by atoms with Crippen LogP contribution in [0.15, 0.2) is 121 Å². The summed E-state index contributed by atoms with van der Waals surface area (Å²) in [6, 6.07) is 42.7. The number of aromatic nitrogens is 1. The van der Waals surface area contributed by atoms with Crippen LogP contribution in [-0.2, 0) is 7.05 Å². The zero-order valence-corrected chi connectivity index (χ0v) is 23.6. The zero-order valence-electron chi connectivity index (χ0n) is 21.9. The Kier molecular flexibility index (Phi) is 5.04. The van der Waals surface area contributed by atoms with Crippen LogP contribution >= 0.6 is 0 Å². The van der Waals surface area contributed by atoms with E-state index in [9.17, 15) is 0 Å². The first-order valence-electron chi connectivity index (χ1n) is 13.4. The Bertz CT molecular complexity index is 2100. The van der Waals surface area contributed by atoms with E-state index in [2.05, 4.69) is 140 Å². The Labute approximate surface area is 234 Å². The SMILES string of the molecule is Cc1c(-c2c3[se]c4c(c3cc[n+]2C)-c2ccccc2-c2ccccc2-c2ccccc2-4)ccc2ccccc12. The topological polar surface area (TPSA) is 3.88 Å².